The average molecular weight is 326 g/mol. The number of carbonyl (C=O) groups is 2. The zero-order chi connectivity index (χ0) is 16.5. The lowest BCUT2D eigenvalue weighted by Gasteiger charge is -2.11. The van der Waals surface area contributed by atoms with Crippen LogP contribution in [0.2, 0.25) is 0 Å². The van der Waals surface area contributed by atoms with Crippen molar-refractivity contribution < 1.29 is 23.8 Å². The molecule has 2 amide bonds. The van der Waals surface area contributed by atoms with E-state index in [1.54, 1.807) is 36.4 Å². The molecule has 0 bridgehead atoms. The number of hydrogen-bond acceptors (Lipinski definition) is 5. The van der Waals surface area contributed by atoms with Gasteiger partial charge in [0.25, 0.3) is 5.91 Å². The Balaban J connectivity index is 1.55. The van der Waals surface area contributed by atoms with Gasteiger partial charge in [0, 0.05) is 11.3 Å². The van der Waals surface area contributed by atoms with Crippen LogP contribution in [-0.2, 0) is 4.79 Å². The monoisotopic (exact) mass is 326 g/mol. The molecule has 0 atom stereocenters. The van der Waals surface area contributed by atoms with Crippen molar-refractivity contribution in [1.29, 1.82) is 0 Å². The van der Waals surface area contributed by atoms with Gasteiger partial charge in [-0.2, -0.15) is 0 Å². The molecule has 2 aliphatic rings. The van der Waals surface area contributed by atoms with Crippen LogP contribution < -0.4 is 24.8 Å². The molecule has 0 aliphatic carbocycles. The summed E-state index contributed by atoms with van der Waals surface area (Å²) in [6.45, 7) is 0.493. The maximum absolute atomic E-state index is 12.4. The summed E-state index contributed by atoms with van der Waals surface area (Å²) in [5.74, 6) is 1.35. The Morgan fingerprint density at radius 1 is 1.00 bits per heavy atom. The molecule has 4 rings (SSSR count). The largest absolute Gasteiger partial charge is 0.491 e. The van der Waals surface area contributed by atoms with E-state index in [0.717, 1.165) is 0 Å². The number of fused-ring (bicyclic) bond motifs is 2. The minimum atomic E-state index is -0.283. The third-order valence-corrected chi connectivity index (χ3v) is 3.73. The molecule has 2 heterocycles. The van der Waals surface area contributed by atoms with Crippen LogP contribution >= 0.6 is 0 Å². The molecule has 2 aromatic carbocycles. The van der Waals surface area contributed by atoms with E-state index in [1.165, 1.54) is 0 Å². The molecule has 0 radical (unpaired) electrons. The van der Waals surface area contributed by atoms with Crippen LogP contribution in [0.5, 0.6) is 17.2 Å². The van der Waals surface area contributed by atoms with Gasteiger partial charge in [-0.3, -0.25) is 9.59 Å². The number of anilines is 2. The SMILES string of the molecule is O=C1CCOc2ccc(NC(=O)c3ccc4c(c3)OCO4)cc2N1. The molecule has 24 heavy (non-hydrogen) atoms. The highest BCUT2D eigenvalue weighted by atomic mass is 16.7. The van der Waals surface area contributed by atoms with Gasteiger partial charge in [0.15, 0.2) is 11.5 Å². The van der Waals surface area contributed by atoms with Crippen molar-refractivity contribution in [3.8, 4) is 17.2 Å². The fraction of sp³-hybridized carbons (Fsp3) is 0.176. The summed E-state index contributed by atoms with van der Waals surface area (Å²) in [6.07, 6.45) is 0.299. The van der Waals surface area contributed by atoms with Crippen LogP contribution in [0.25, 0.3) is 0 Å². The van der Waals surface area contributed by atoms with Gasteiger partial charge in [-0.15, -0.1) is 0 Å². The van der Waals surface area contributed by atoms with E-state index < -0.39 is 0 Å². The van der Waals surface area contributed by atoms with E-state index in [4.69, 9.17) is 14.2 Å². The predicted octanol–water partition coefficient (Wildman–Crippen LogP) is 2.39. The highest BCUT2D eigenvalue weighted by Crippen LogP contribution is 2.33. The van der Waals surface area contributed by atoms with Crippen molar-refractivity contribution in [3.63, 3.8) is 0 Å². The van der Waals surface area contributed by atoms with Crippen molar-refractivity contribution >= 4 is 23.2 Å². The van der Waals surface area contributed by atoms with Crippen molar-refractivity contribution in [2.24, 2.45) is 0 Å². The fourth-order valence-electron chi connectivity index (χ4n) is 2.54. The molecule has 122 valence electrons. The summed E-state index contributed by atoms with van der Waals surface area (Å²) in [6, 6.07) is 10.1. The normalized spacial score (nSPS) is 14.9. The Labute approximate surface area is 137 Å². The zero-order valence-corrected chi connectivity index (χ0v) is 12.6. The standard InChI is InChI=1S/C17H14N2O5/c20-16-5-6-22-13-4-2-11(8-12(13)19-16)18-17(21)10-1-3-14-15(7-10)24-9-23-14/h1-4,7-8H,5-6,9H2,(H,18,21)(H,19,20). The first-order valence-electron chi connectivity index (χ1n) is 7.47. The molecule has 0 spiro atoms. The van der Waals surface area contributed by atoms with Gasteiger partial charge < -0.3 is 24.8 Å². The molecule has 0 unspecified atom stereocenters. The van der Waals surface area contributed by atoms with Crippen molar-refractivity contribution in [2.75, 3.05) is 24.0 Å². The number of benzene rings is 2. The molecule has 0 fully saturated rings. The molecule has 7 heteroatoms. The lowest BCUT2D eigenvalue weighted by Crippen LogP contribution is -2.13. The third kappa shape index (κ3) is 2.71. The molecule has 0 saturated heterocycles. The lowest BCUT2D eigenvalue weighted by molar-refractivity contribution is -0.116. The number of carbonyl (C=O) groups excluding carboxylic acids is 2. The van der Waals surface area contributed by atoms with Gasteiger partial charge in [0.2, 0.25) is 12.7 Å². The first-order chi connectivity index (χ1) is 11.7. The summed E-state index contributed by atoms with van der Waals surface area (Å²) in [5.41, 5.74) is 1.55. The summed E-state index contributed by atoms with van der Waals surface area (Å²) < 4.78 is 16.0. The summed E-state index contributed by atoms with van der Waals surface area (Å²) >= 11 is 0. The molecule has 0 aromatic heterocycles. The Hall–Kier alpha value is -3.22. The second-order valence-electron chi connectivity index (χ2n) is 5.38. The Bertz CT molecular complexity index is 834. The summed E-state index contributed by atoms with van der Waals surface area (Å²) in [7, 11) is 0. The molecule has 2 N–H and O–H groups in total. The predicted molar refractivity (Wildman–Crippen MR) is 85.7 cm³/mol. The zero-order valence-electron chi connectivity index (χ0n) is 12.6. The van der Waals surface area contributed by atoms with E-state index in [1.807, 2.05) is 0 Å². The topological polar surface area (TPSA) is 85.9 Å². The first kappa shape index (κ1) is 14.4. The van der Waals surface area contributed by atoms with Gasteiger partial charge in [-0.1, -0.05) is 0 Å². The van der Waals surface area contributed by atoms with Gasteiger partial charge in [-0.25, -0.2) is 0 Å². The van der Waals surface area contributed by atoms with E-state index >= 15 is 0 Å². The van der Waals surface area contributed by atoms with Crippen LogP contribution in [0.4, 0.5) is 11.4 Å². The van der Waals surface area contributed by atoms with Crippen LogP contribution in [0.3, 0.4) is 0 Å². The van der Waals surface area contributed by atoms with Crippen LogP contribution in [-0.4, -0.2) is 25.2 Å². The van der Waals surface area contributed by atoms with Gasteiger partial charge in [-0.05, 0) is 36.4 Å². The smallest absolute Gasteiger partial charge is 0.255 e. The second kappa shape index (κ2) is 5.77. The van der Waals surface area contributed by atoms with E-state index in [-0.39, 0.29) is 18.6 Å². The molecule has 2 aliphatic heterocycles. The highest BCUT2D eigenvalue weighted by Gasteiger charge is 2.18. The van der Waals surface area contributed by atoms with Crippen molar-refractivity contribution in [1.82, 2.24) is 0 Å². The number of hydrogen-bond donors (Lipinski definition) is 2. The minimum Gasteiger partial charge on any atom is -0.491 e. The molecule has 0 saturated carbocycles. The number of ether oxygens (including phenoxy) is 3. The number of nitrogens with one attached hydrogen (secondary N) is 2. The molecular formula is C17H14N2O5. The van der Waals surface area contributed by atoms with E-state index in [0.29, 0.717) is 47.2 Å². The number of rotatable bonds is 2. The molecule has 2 aromatic rings. The minimum absolute atomic E-state index is 0.118. The van der Waals surface area contributed by atoms with Gasteiger partial charge in [0.05, 0.1) is 18.7 Å². The Morgan fingerprint density at radius 3 is 2.75 bits per heavy atom. The Morgan fingerprint density at radius 2 is 1.83 bits per heavy atom. The molecule has 7 nitrogen and oxygen atoms in total. The third-order valence-electron chi connectivity index (χ3n) is 3.73. The fourth-order valence-corrected chi connectivity index (χ4v) is 2.54. The maximum Gasteiger partial charge on any atom is 0.255 e. The van der Waals surface area contributed by atoms with Crippen molar-refractivity contribution in [3.05, 3.63) is 42.0 Å². The summed E-state index contributed by atoms with van der Waals surface area (Å²) in [5, 5.41) is 5.55. The first-order valence-corrected chi connectivity index (χ1v) is 7.47. The van der Waals surface area contributed by atoms with Crippen LogP contribution in [0.15, 0.2) is 36.4 Å². The quantitative estimate of drug-likeness (QED) is 0.885. The summed E-state index contributed by atoms with van der Waals surface area (Å²) in [4.78, 5) is 24.0. The van der Waals surface area contributed by atoms with Gasteiger partial charge in [0.1, 0.15) is 5.75 Å². The molecular weight excluding hydrogens is 312 g/mol. The van der Waals surface area contributed by atoms with Gasteiger partial charge >= 0.3 is 0 Å². The Kier molecular flexibility index (Phi) is 3.45. The second-order valence-corrected chi connectivity index (χ2v) is 5.38. The maximum atomic E-state index is 12.4. The van der Waals surface area contributed by atoms with Crippen molar-refractivity contribution in [2.45, 2.75) is 6.42 Å². The lowest BCUT2D eigenvalue weighted by atomic mass is 10.1. The van der Waals surface area contributed by atoms with Crippen LogP contribution in [0.1, 0.15) is 16.8 Å². The number of amides is 2. The van der Waals surface area contributed by atoms with Crippen LogP contribution in [0, 0.1) is 0 Å². The van der Waals surface area contributed by atoms with E-state index in [2.05, 4.69) is 10.6 Å². The average Bonchev–Trinajstić information content (AvgIpc) is 2.96. The van der Waals surface area contributed by atoms with E-state index in [9.17, 15) is 9.59 Å². The highest BCUT2D eigenvalue weighted by molar-refractivity contribution is 6.05.